The van der Waals surface area contributed by atoms with Crippen LogP contribution < -0.4 is 0 Å². The molecular weight excluding hydrogens is 365 g/mol. The van der Waals surface area contributed by atoms with E-state index in [1.54, 1.807) is 12.1 Å². The third-order valence-corrected chi connectivity index (χ3v) is 6.18. The lowest BCUT2D eigenvalue weighted by atomic mass is 9.96. The van der Waals surface area contributed by atoms with Gasteiger partial charge in [-0.05, 0) is 12.3 Å². The molecule has 0 amide bonds. The Morgan fingerprint density at radius 3 is 2.00 bits per heavy atom. The van der Waals surface area contributed by atoms with Crippen molar-refractivity contribution >= 4 is 11.8 Å². The van der Waals surface area contributed by atoms with Gasteiger partial charge in [0.2, 0.25) is 0 Å². The van der Waals surface area contributed by atoms with Crippen LogP contribution in [-0.4, -0.2) is 18.4 Å². The number of ether oxygens (including phenoxy) is 1. The number of hydrogen-bond donors (Lipinski definition) is 0. The molecular formula is C26H40O3. The van der Waals surface area contributed by atoms with Crippen molar-refractivity contribution < 1.29 is 14.3 Å². The van der Waals surface area contributed by atoms with E-state index < -0.39 is 0 Å². The SMILES string of the molecule is O=C(CO[13C](=O)C[13CH2]C[13CH2]C[13CH2]C[13CH2]CCC1CCCCCC1)c1ccccc1. The summed E-state index contributed by atoms with van der Waals surface area (Å²) < 4.78 is 5.10. The fraction of sp³-hybridized carbons (Fsp3) is 0.692. The van der Waals surface area contributed by atoms with E-state index in [0.717, 1.165) is 18.8 Å². The molecule has 0 spiro atoms. The van der Waals surface area contributed by atoms with Gasteiger partial charge in [-0.15, -0.1) is 0 Å². The van der Waals surface area contributed by atoms with Crippen LogP contribution in [0.5, 0.6) is 0 Å². The zero-order valence-electron chi connectivity index (χ0n) is 18.2. The second-order valence-electron chi connectivity index (χ2n) is 8.67. The molecule has 0 aliphatic heterocycles. The maximum Gasteiger partial charge on any atom is 0.306 e. The van der Waals surface area contributed by atoms with Crippen LogP contribution in [0.3, 0.4) is 0 Å². The minimum Gasteiger partial charge on any atom is -0.457 e. The second-order valence-corrected chi connectivity index (χ2v) is 8.67. The third kappa shape index (κ3) is 11.2. The van der Waals surface area contributed by atoms with Crippen LogP contribution in [0.4, 0.5) is 0 Å². The molecule has 0 heterocycles. The van der Waals surface area contributed by atoms with Gasteiger partial charge in [0, 0.05) is 12.0 Å². The van der Waals surface area contributed by atoms with Gasteiger partial charge < -0.3 is 4.74 Å². The molecule has 1 aliphatic rings. The van der Waals surface area contributed by atoms with Gasteiger partial charge in [0.25, 0.3) is 0 Å². The second kappa shape index (κ2) is 15.2. The highest BCUT2D eigenvalue weighted by molar-refractivity contribution is 5.97. The van der Waals surface area contributed by atoms with E-state index in [0.29, 0.717) is 12.0 Å². The number of unbranched alkanes of at least 4 members (excludes halogenated alkanes) is 7. The lowest BCUT2D eigenvalue weighted by Crippen LogP contribution is -2.13. The van der Waals surface area contributed by atoms with Gasteiger partial charge in [-0.25, -0.2) is 0 Å². The summed E-state index contributed by atoms with van der Waals surface area (Å²) in [6.07, 6.45) is 20.5. The largest absolute Gasteiger partial charge is 0.457 e. The van der Waals surface area contributed by atoms with E-state index in [9.17, 15) is 9.59 Å². The summed E-state index contributed by atoms with van der Waals surface area (Å²) in [5.74, 6) is 0.617. The first kappa shape index (κ1) is 23.6. The van der Waals surface area contributed by atoms with Gasteiger partial charge in [-0.3, -0.25) is 9.59 Å². The Labute approximate surface area is 177 Å². The molecule has 0 unspecified atom stereocenters. The van der Waals surface area contributed by atoms with Crippen molar-refractivity contribution in [2.24, 2.45) is 5.92 Å². The fourth-order valence-corrected chi connectivity index (χ4v) is 4.34. The molecule has 1 saturated carbocycles. The summed E-state index contributed by atoms with van der Waals surface area (Å²) in [6.45, 7) is -0.149. The maximum absolute atomic E-state index is 11.9. The van der Waals surface area contributed by atoms with Crippen molar-refractivity contribution in [2.45, 2.75) is 103 Å². The minimum absolute atomic E-state index is 0.141. The number of hydrogen-bond acceptors (Lipinski definition) is 3. The van der Waals surface area contributed by atoms with Gasteiger partial charge in [0.15, 0.2) is 12.4 Å². The van der Waals surface area contributed by atoms with Crippen LogP contribution in [0.1, 0.15) is 113 Å². The zero-order valence-corrected chi connectivity index (χ0v) is 18.2. The minimum atomic E-state index is -0.257. The molecule has 0 N–H and O–H groups in total. The van der Waals surface area contributed by atoms with Crippen LogP contribution in [0, 0.1) is 5.92 Å². The summed E-state index contributed by atoms with van der Waals surface area (Å²) in [5.41, 5.74) is 0.592. The topological polar surface area (TPSA) is 43.4 Å². The van der Waals surface area contributed by atoms with Gasteiger partial charge >= 0.3 is 5.97 Å². The van der Waals surface area contributed by atoms with E-state index in [1.807, 2.05) is 18.2 Å². The molecule has 0 saturated heterocycles. The molecule has 3 heteroatoms. The van der Waals surface area contributed by atoms with Gasteiger partial charge in [0.05, 0.1) is 0 Å². The first-order chi connectivity index (χ1) is 14.3. The Bertz CT molecular complexity index is 559. The Morgan fingerprint density at radius 1 is 0.759 bits per heavy atom. The van der Waals surface area contributed by atoms with Crippen LogP contribution in [0.15, 0.2) is 30.3 Å². The average molecular weight is 406 g/mol. The number of ketones is 1. The lowest BCUT2D eigenvalue weighted by Gasteiger charge is -2.13. The zero-order chi connectivity index (χ0) is 20.6. The van der Waals surface area contributed by atoms with E-state index in [2.05, 4.69) is 0 Å². The molecule has 1 fully saturated rings. The molecule has 29 heavy (non-hydrogen) atoms. The number of esters is 1. The quantitative estimate of drug-likeness (QED) is 0.107. The van der Waals surface area contributed by atoms with Gasteiger partial charge in [-0.1, -0.05) is 120 Å². The molecule has 1 aliphatic carbocycles. The van der Waals surface area contributed by atoms with Gasteiger partial charge in [-0.2, -0.15) is 0 Å². The van der Waals surface area contributed by atoms with Crippen molar-refractivity contribution in [2.75, 3.05) is 6.61 Å². The predicted molar refractivity (Wildman–Crippen MR) is 119 cm³/mol. The van der Waals surface area contributed by atoms with Crippen molar-refractivity contribution in [3.8, 4) is 0 Å². The number of benzene rings is 1. The molecule has 1 aromatic rings. The summed E-state index contributed by atoms with van der Waals surface area (Å²) in [4.78, 5) is 23.7. The van der Waals surface area contributed by atoms with Crippen LogP contribution in [0.2, 0.25) is 0 Å². The predicted octanol–water partition coefficient (Wildman–Crippen LogP) is 7.28. The van der Waals surface area contributed by atoms with Crippen molar-refractivity contribution in [3.63, 3.8) is 0 Å². The molecule has 0 aromatic heterocycles. The number of Topliss-reactive ketones (excluding diaryl/α,β-unsaturated/α-hetero) is 1. The Balaban J connectivity index is 1.36. The molecule has 0 atom stereocenters. The van der Waals surface area contributed by atoms with E-state index in [-0.39, 0.29) is 18.4 Å². The number of carbonyl (C=O) groups is 2. The van der Waals surface area contributed by atoms with Crippen molar-refractivity contribution in [1.82, 2.24) is 0 Å². The van der Waals surface area contributed by atoms with Gasteiger partial charge in [0.1, 0.15) is 0 Å². The Hall–Kier alpha value is -1.64. The van der Waals surface area contributed by atoms with Crippen molar-refractivity contribution in [1.29, 1.82) is 0 Å². The first-order valence-electron chi connectivity index (χ1n) is 12.0. The highest BCUT2D eigenvalue weighted by Gasteiger charge is 2.11. The molecule has 162 valence electrons. The number of rotatable bonds is 14. The molecule has 0 bridgehead atoms. The standard InChI is InChI=1S/C26H40O3/c27-25(24-19-13-9-14-20-24)22-29-26(28)21-15-6-4-2-1-3-5-10-16-23-17-11-7-8-12-18-23/h9,13-14,19-20,23H,1-8,10-12,15-18,21-22H2/i1+1,4+1,5+1,15+1,26+1. The van der Waals surface area contributed by atoms with E-state index >= 15 is 0 Å². The first-order valence-corrected chi connectivity index (χ1v) is 12.0. The fourth-order valence-electron chi connectivity index (χ4n) is 4.34. The average Bonchev–Trinajstić information content (AvgIpc) is 3.03. The molecule has 1 aromatic carbocycles. The summed E-state index contributed by atoms with van der Waals surface area (Å²) in [6, 6.07) is 8.97. The highest BCUT2D eigenvalue weighted by Crippen LogP contribution is 2.27. The van der Waals surface area contributed by atoms with Crippen LogP contribution in [0.25, 0.3) is 0 Å². The number of carbonyl (C=O) groups excluding carboxylic acids is 2. The monoisotopic (exact) mass is 405 g/mol. The molecule has 2 rings (SSSR count). The normalized spacial score (nSPS) is 15.0. The van der Waals surface area contributed by atoms with Crippen LogP contribution in [-0.2, 0) is 9.53 Å². The summed E-state index contributed by atoms with van der Waals surface area (Å²) >= 11 is 0. The van der Waals surface area contributed by atoms with E-state index in [1.165, 1.54) is 83.5 Å². The van der Waals surface area contributed by atoms with Crippen LogP contribution >= 0.6 is 0 Å². The molecule has 3 nitrogen and oxygen atoms in total. The Kier molecular flexibility index (Phi) is 12.4. The Morgan fingerprint density at radius 2 is 1.34 bits per heavy atom. The summed E-state index contributed by atoms with van der Waals surface area (Å²) in [5, 5.41) is 0. The lowest BCUT2D eigenvalue weighted by molar-refractivity contribution is -0.142. The highest BCUT2D eigenvalue weighted by atomic mass is 16.6. The van der Waals surface area contributed by atoms with E-state index in [4.69, 9.17) is 4.74 Å². The maximum atomic E-state index is 11.9. The van der Waals surface area contributed by atoms with Crippen molar-refractivity contribution in [3.05, 3.63) is 35.9 Å². The third-order valence-electron chi connectivity index (χ3n) is 6.18. The molecule has 0 radical (unpaired) electrons. The summed E-state index contributed by atoms with van der Waals surface area (Å²) in [7, 11) is 0. The smallest absolute Gasteiger partial charge is 0.306 e.